The molecule has 0 saturated carbocycles. The van der Waals surface area contributed by atoms with E-state index < -0.39 is 10.0 Å². The number of hydrogen-bond donors (Lipinski definition) is 1. The molecule has 1 N–H and O–H groups in total. The highest BCUT2D eigenvalue weighted by Crippen LogP contribution is 2.23. The third kappa shape index (κ3) is 3.95. The van der Waals surface area contributed by atoms with Gasteiger partial charge < -0.3 is 4.74 Å². The zero-order chi connectivity index (χ0) is 18.7. The van der Waals surface area contributed by atoms with Gasteiger partial charge in [-0.2, -0.15) is 13.5 Å². The molecule has 0 fully saturated rings. The number of aryl methyl sites for hydroxylation is 1. The summed E-state index contributed by atoms with van der Waals surface area (Å²) in [5.74, 6) is 0.674. The van der Waals surface area contributed by atoms with Gasteiger partial charge in [0.1, 0.15) is 10.9 Å². The number of fused-ring (bicyclic) bond motifs is 1. The largest absolute Gasteiger partial charge is 0.497 e. The summed E-state index contributed by atoms with van der Waals surface area (Å²) in [4.78, 5) is 6.59. The molecule has 0 bridgehead atoms. The summed E-state index contributed by atoms with van der Waals surface area (Å²) in [7, 11) is -2.17. The van der Waals surface area contributed by atoms with Crippen LogP contribution in [0.3, 0.4) is 0 Å². The molecule has 3 aromatic rings. The molecule has 3 rings (SSSR count). The average Bonchev–Trinajstić information content (AvgIpc) is 2.62. The van der Waals surface area contributed by atoms with Crippen LogP contribution in [0, 0.1) is 6.92 Å². The van der Waals surface area contributed by atoms with Crippen molar-refractivity contribution in [1.29, 1.82) is 0 Å². The van der Waals surface area contributed by atoms with E-state index in [0.717, 1.165) is 10.9 Å². The molecule has 2 aromatic carbocycles. The molecule has 1 heterocycles. The molecule has 0 radical (unpaired) electrons. The van der Waals surface area contributed by atoms with Crippen LogP contribution in [0.25, 0.3) is 10.9 Å². The normalized spacial score (nSPS) is 11.8. The third-order valence-corrected chi connectivity index (χ3v) is 5.25. The number of methoxy groups -OCH3 is 1. The van der Waals surface area contributed by atoms with Crippen molar-refractivity contribution in [2.75, 3.05) is 7.11 Å². The number of hydrogen-bond acceptors (Lipinski definition) is 5. The second-order valence-electron chi connectivity index (χ2n) is 5.59. The van der Waals surface area contributed by atoms with Crippen molar-refractivity contribution in [2.45, 2.75) is 11.8 Å². The first-order valence-electron chi connectivity index (χ1n) is 7.65. The van der Waals surface area contributed by atoms with Crippen molar-refractivity contribution >= 4 is 38.7 Å². The van der Waals surface area contributed by atoms with Gasteiger partial charge in [-0.25, -0.2) is 9.82 Å². The first kappa shape index (κ1) is 18.2. The van der Waals surface area contributed by atoms with E-state index in [4.69, 9.17) is 16.3 Å². The third-order valence-electron chi connectivity index (χ3n) is 3.71. The maximum atomic E-state index is 12.2. The highest BCUT2D eigenvalue weighted by molar-refractivity contribution is 7.89. The van der Waals surface area contributed by atoms with Crippen LogP contribution in [0.15, 0.2) is 58.5 Å². The summed E-state index contributed by atoms with van der Waals surface area (Å²) in [6, 6.07) is 13.7. The number of pyridine rings is 1. The molecule has 0 aliphatic carbocycles. The molecule has 0 aliphatic rings. The molecule has 1 aromatic heterocycles. The first-order valence-corrected chi connectivity index (χ1v) is 9.51. The van der Waals surface area contributed by atoms with Crippen molar-refractivity contribution in [2.24, 2.45) is 5.10 Å². The number of benzene rings is 2. The minimum Gasteiger partial charge on any atom is -0.497 e. The van der Waals surface area contributed by atoms with Gasteiger partial charge in [-0.1, -0.05) is 29.3 Å². The van der Waals surface area contributed by atoms with Crippen LogP contribution in [0.4, 0.5) is 0 Å². The predicted molar refractivity (Wildman–Crippen MR) is 102 cm³/mol. The maximum absolute atomic E-state index is 12.2. The van der Waals surface area contributed by atoms with Crippen molar-refractivity contribution in [3.63, 3.8) is 0 Å². The van der Waals surface area contributed by atoms with E-state index in [2.05, 4.69) is 14.9 Å². The molecule has 0 aliphatic heterocycles. The first-order chi connectivity index (χ1) is 12.4. The summed E-state index contributed by atoms with van der Waals surface area (Å²) < 4.78 is 29.6. The van der Waals surface area contributed by atoms with E-state index in [0.29, 0.717) is 16.8 Å². The minimum absolute atomic E-state index is 0.134. The van der Waals surface area contributed by atoms with Gasteiger partial charge in [-0.15, -0.1) is 0 Å². The van der Waals surface area contributed by atoms with E-state index in [-0.39, 0.29) is 10.0 Å². The van der Waals surface area contributed by atoms with Gasteiger partial charge in [0.25, 0.3) is 10.0 Å². The molecule has 134 valence electrons. The Bertz CT molecular complexity index is 1080. The van der Waals surface area contributed by atoms with E-state index in [9.17, 15) is 8.42 Å². The molecular weight excluding hydrogens is 374 g/mol. The number of hydrazone groups is 1. The van der Waals surface area contributed by atoms with Crippen LogP contribution >= 0.6 is 11.6 Å². The monoisotopic (exact) mass is 389 g/mol. The second-order valence-corrected chi connectivity index (χ2v) is 7.61. The van der Waals surface area contributed by atoms with Gasteiger partial charge in [-0.3, -0.25) is 0 Å². The smallest absolute Gasteiger partial charge is 0.276 e. The summed E-state index contributed by atoms with van der Waals surface area (Å²) in [5, 5.41) is 4.84. The van der Waals surface area contributed by atoms with Gasteiger partial charge in [0.2, 0.25) is 0 Å². The summed E-state index contributed by atoms with van der Waals surface area (Å²) in [6.45, 7) is 1.88. The lowest BCUT2D eigenvalue weighted by Gasteiger charge is -2.05. The Morgan fingerprint density at radius 2 is 1.88 bits per heavy atom. The Labute approximate surface area is 156 Å². The summed E-state index contributed by atoms with van der Waals surface area (Å²) >= 11 is 6.16. The van der Waals surface area contributed by atoms with Crippen molar-refractivity contribution < 1.29 is 13.2 Å². The molecule has 6 nitrogen and oxygen atoms in total. The lowest BCUT2D eigenvalue weighted by Crippen LogP contribution is -2.18. The van der Waals surface area contributed by atoms with Crippen LogP contribution in [-0.4, -0.2) is 26.7 Å². The van der Waals surface area contributed by atoms with Gasteiger partial charge in [0.05, 0.1) is 23.7 Å². The number of nitrogens with one attached hydrogen (secondary N) is 1. The Morgan fingerprint density at radius 1 is 1.15 bits per heavy atom. The Hall–Kier alpha value is -2.64. The number of rotatable bonds is 5. The molecule has 0 spiro atoms. The topological polar surface area (TPSA) is 80.6 Å². The highest BCUT2D eigenvalue weighted by Gasteiger charge is 2.12. The zero-order valence-electron chi connectivity index (χ0n) is 14.1. The fraction of sp³-hybridized carbons (Fsp3) is 0.111. The molecule has 0 atom stereocenters. The van der Waals surface area contributed by atoms with Crippen molar-refractivity contribution in [1.82, 2.24) is 9.82 Å². The number of ether oxygens (including phenoxy) is 1. The van der Waals surface area contributed by atoms with Crippen LogP contribution in [0.2, 0.25) is 5.15 Å². The van der Waals surface area contributed by atoms with E-state index >= 15 is 0 Å². The molecule has 26 heavy (non-hydrogen) atoms. The standard InChI is InChI=1S/C18H16ClN3O3S/c1-12-3-7-16(8-4-12)26(23,24)22-20-11-14-9-13-5-6-15(25-2)10-17(13)21-18(14)19/h3-11,22H,1-2H3/b20-11+. The number of nitrogens with zero attached hydrogens (tertiary/aromatic N) is 2. The van der Waals surface area contributed by atoms with Crippen LogP contribution in [0.1, 0.15) is 11.1 Å². The second kappa shape index (κ2) is 7.31. The minimum atomic E-state index is -3.74. The fourth-order valence-electron chi connectivity index (χ4n) is 2.29. The van der Waals surface area contributed by atoms with E-state index in [1.54, 1.807) is 37.4 Å². The Kier molecular flexibility index (Phi) is 5.11. The van der Waals surface area contributed by atoms with E-state index in [1.807, 2.05) is 13.0 Å². The van der Waals surface area contributed by atoms with Crippen LogP contribution < -0.4 is 9.57 Å². The number of halogens is 1. The lowest BCUT2D eigenvalue weighted by atomic mass is 10.1. The number of sulfonamides is 1. The van der Waals surface area contributed by atoms with Gasteiger partial charge in [-0.05, 0) is 37.3 Å². The molecule has 0 saturated heterocycles. The maximum Gasteiger partial charge on any atom is 0.276 e. The van der Waals surface area contributed by atoms with Gasteiger partial charge >= 0.3 is 0 Å². The fourth-order valence-corrected chi connectivity index (χ4v) is 3.28. The van der Waals surface area contributed by atoms with Gasteiger partial charge in [0.15, 0.2) is 0 Å². The van der Waals surface area contributed by atoms with Crippen LogP contribution in [-0.2, 0) is 10.0 Å². The summed E-state index contributed by atoms with van der Waals surface area (Å²) in [6.07, 6.45) is 1.32. The molecular formula is C18H16ClN3O3S. The quantitative estimate of drug-likeness (QED) is 0.411. The predicted octanol–water partition coefficient (Wildman–Crippen LogP) is 3.52. The summed E-state index contributed by atoms with van der Waals surface area (Å²) in [5.41, 5.74) is 2.14. The van der Waals surface area contributed by atoms with Crippen molar-refractivity contribution in [3.05, 3.63) is 64.8 Å². The average molecular weight is 390 g/mol. The molecule has 8 heteroatoms. The van der Waals surface area contributed by atoms with Gasteiger partial charge in [0, 0.05) is 17.0 Å². The number of aromatic nitrogens is 1. The zero-order valence-corrected chi connectivity index (χ0v) is 15.7. The Morgan fingerprint density at radius 3 is 2.58 bits per heavy atom. The lowest BCUT2D eigenvalue weighted by molar-refractivity contribution is 0.415. The van der Waals surface area contributed by atoms with Crippen LogP contribution in [0.5, 0.6) is 5.75 Å². The van der Waals surface area contributed by atoms with E-state index in [1.165, 1.54) is 18.3 Å². The highest BCUT2D eigenvalue weighted by atomic mass is 35.5. The SMILES string of the molecule is COc1ccc2cc(/C=N/NS(=O)(=O)c3ccc(C)cc3)c(Cl)nc2c1. The van der Waals surface area contributed by atoms with Crippen molar-refractivity contribution in [3.8, 4) is 5.75 Å². The molecule has 0 unspecified atom stereocenters. The molecule has 0 amide bonds. The Balaban J connectivity index is 1.84.